The van der Waals surface area contributed by atoms with Crippen molar-refractivity contribution in [3.8, 4) is 0 Å². The third kappa shape index (κ3) is 5.30. The highest BCUT2D eigenvalue weighted by Gasteiger charge is 2.22. The molecule has 1 saturated heterocycles. The van der Waals surface area contributed by atoms with E-state index >= 15 is 0 Å². The van der Waals surface area contributed by atoms with Crippen LogP contribution in [0.4, 0.5) is 5.82 Å². The maximum absolute atomic E-state index is 4.47. The maximum Gasteiger partial charge on any atom is 0.144 e. The van der Waals surface area contributed by atoms with Gasteiger partial charge in [0, 0.05) is 25.6 Å². The molecule has 2 fully saturated rings. The first-order valence-electron chi connectivity index (χ1n) is 9.74. The van der Waals surface area contributed by atoms with Gasteiger partial charge >= 0.3 is 0 Å². The van der Waals surface area contributed by atoms with Gasteiger partial charge in [-0.3, -0.25) is 4.98 Å². The molecule has 0 spiro atoms. The van der Waals surface area contributed by atoms with Gasteiger partial charge in [0.05, 0.1) is 18.1 Å². The standard InChI is InChI=1S/C20H32N4/c1-2-7-18-14-22-20(15-21-18)23-19-11-13-24(16-19)12-6-10-17-8-4-3-5-9-17/h2,14-15,17,19H,1,3-13,16H2,(H,22,23)/t19-/m1/s1. The molecule has 2 aliphatic rings. The fraction of sp³-hybridized carbons (Fsp3) is 0.700. The molecule has 0 bridgehead atoms. The average molecular weight is 329 g/mol. The summed E-state index contributed by atoms with van der Waals surface area (Å²) < 4.78 is 0. The molecule has 0 aromatic carbocycles. The molecule has 132 valence electrons. The van der Waals surface area contributed by atoms with Crippen LogP contribution in [0.3, 0.4) is 0 Å². The van der Waals surface area contributed by atoms with E-state index in [-0.39, 0.29) is 0 Å². The number of hydrogen-bond donors (Lipinski definition) is 1. The molecule has 4 heteroatoms. The summed E-state index contributed by atoms with van der Waals surface area (Å²) in [4.78, 5) is 11.5. The van der Waals surface area contributed by atoms with Gasteiger partial charge in [-0.05, 0) is 31.7 Å². The van der Waals surface area contributed by atoms with Gasteiger partial charge in [0.2, 0.25) is 0 Å². The lowest BCUT2D eigenvalue weighted by atomic mass is 9.86. The van der Waals surface area contributed by atoms with Crippen LogP contribution in [-0.2, 0) is 6.42 Å². The van der Waals surface area contributed by atoms with E-state index < -0.39 is 0 Å². The molecule has 0 amide bonds. The quantitative estimate of drug-likeness (QED) is 0.731. The van der Waals surface area contributed by atoms with Crippen LogP contribution in [0.25, 0.3) is 0 Å². The average Bonchev–Trinajstić information content (AvgIpc) is 3.05. The van der Waals surface area contributed by atoms with Gasteiger partial charge in [-0.2, -0.15) is 0 Å². The van der Waals surface area contributed by atoms with E-state index in [1.165, 1.54) is 64.5 Å². The normalized spacial score (nSPS) is 22.6. The Labute approximate surface area is 146 Å². The van der Waals surface area contributed by atoms with Gasteiger partial charge < -0.3 is 10.2 Å². The second-order valence-corrected chi connectivity index (χ2v) is 7.46. The Bertz CT molecular complexity index is 493. The van der Waals surface area contributed by atoms with Crippen LogP contribution < -0.4 is 5.32 Å². The molecule has 4 nitrogen and oxygen atoms in total. The first kappa shape index (κ1) is 17.4. The Morgan fingerprint density at radius 1 is 1.17 bits per heavy atom. The largest absolute Gasteiger partial charge is 0.365 e. The molecule has 1 aliphatic carbocycles. The fourth-order valence-electron chi connectivity index (χ4n) is 4.12. The van der Waals surface area contributed by atoms with Crippen molar-refractivity contribution in [1.29, 1.82) is 0 Å². The predicted molar refractivity (Wildman–Crippen MR) is 100 cm³/mol. The van der Waals surface area contributed by atoms with Crippen molar-refractivity contribution in [1.82, 2.24) is 14.9 Å². The van der Waals surface area contributed by atoms with Crippen LogP contribution in [0.5, 0.6) is 0 Å². The summed E-state index contributed by atoms with van der Waals surface area (Å²) in [5.74, 6) is 1.91. The molecule has 1 aromatic rings. The van der Waals surface area contributed by atoms with Crippen LogP contribution in [0.1, 0.15) is 57.1 Å². The maximum atomic E-state index is 4.47. The number of anilines is 1. The van der Waals surface area contributed by atoms with Crippen molar-refractivity contribution < 1.29 is 0 Å². The number of hydrogen-bond acceptors (Lipinski definition) is 4. The Balaban J connectivity index is 1.35. The second kappa shape index (κ2) is 9.16. The molecule has 1 atom stereocenters. The minimum absolute atomic E-state index is 0.513. The van der Waals surface area contributed by atoms with E-state index in [1.54, 1.807) is 0 Å². The van der Waals surface area contributed by atoms with Crippen LogP contribution in [0, 0.1) is 5.92 Å². The van der Waals surface area contributed by atoms with Crippen molar-refractivity contribution in [2.75, 3.05) is 25.0 Å². The summed E-state index contributed by atoms with van der Waals surface area (Å²) in [6.45, 7) is 7.35. The highest BCUT2D eigenvalue weighted by molar-refractivity contribution is 5.33. The summed E-state index contributed by atoms with van der Waals surface area (Å²) in [7, 11) is 0. The molecular weight excluding hydrogens is 296 g/mol. The summed E-state index contributed by atoms with van der Waals surface area (Å²) in [6.07, 6.45) is 17.7. The van der Waals surface area contributed by atoms with E-state index in [9.17, 15) is 0 Å². The first-order valence-corrected chi connectivity index (χ1v) is 9.74. The molecule has 2 heterocycles. The van der Waals surface area contributed by atoms with Gasteiger partial charge in [-0.15, -0.1) is 6.58 Å². The van der Waals surface area contributed by atoms with Crippen molar-refractivity contribution >= 4 is 5.82 Å². The number of rotatable bonds is 8. The molecule has 1 N–H and O–H groups in total. The molecule has 24 heavy (non-hydrogen) atoms. The fourth-order valence-corrected chi connectivity index (χ4v) is 4.12. The number of nitrogens with zero attached hydrogens (tertiary/aromatic N) is 3. The molecular formula is C20H32N4. The molecule has 1 saturated carbocycles. The minimum atomic E-state index is 0.513. The Morgan fingerprint density at radius 2 is 2.04 bits per heavy atom. The van der Waals surface area contributed by atoms with Crippen LogP contribution in [-0.4, -0.2) is 40.5 Å². The Hall–Kier alpha value is -1.42. The molecule has 0 unspecified atom stereocenters. The predicted octanol–water partition coefficient (Wildman–Crippen LogP) is 4.05. The second-order valence-electron chi connectivity index (χ2n) is 7.46. The zero-order chi connectivity index (χ0) is 16.6. The summed E-state index contributed by atoms with van der Waals surface area (Å²) in [5, 5.41) is 3.54. The number of nitrogens with one attached hydrogen (secondary N) is 1. The lowest BCUT2D eigenvalue weighted by Gasteiger charge is -2.23. The smallest absolute Gasteiger partial charge is 0.144 e. The molecule has 1 aromatic heterocycles. The zero-order valence-corrected chi connectivity index (χ0v) is 14.9. The zero-order valence-electron chi connectivity index (χ0n) is 14.9. The van der Waals surface area contributed by atoms with E-state index in [4.69, 9.17) is 0 Å². The monoisotopic (exact) mass is 328 g/mol. The lowest BCUT2D eigenvalue weighted by Crippen LogP contribution is -2.27. The number of allylic oxidation sites excluding steroid dienone is 1. The van der Waals surface area contributed by atoms with Gasteiger partial charge in [0.1, 0.15) is 5.82 Å². The van der Waals surface area contributed by atoms with Gasteiger partial charge in [-0.25, -0.2) is 4.98 Å². The van der Waals surface area contributed by atoms with Crippen molar-refractivity contribution in [2.45, 2.75) is 63.8 Å². The van der Waals surface area contributed by atoms with Crippen LogP contribution in [0.2, 0.25) is 0 Å². The van der Waals surface area contributed by atoms with Gasteiger partial charge in [0.15, 0.2) is 0 Å². The van der Waals surface area contributed by atoms with E-state index in [0.717, 1.165) is 30.4 Å². The third-order valence-corrected chi connectivity index (χ3v) is 5.49. The molecule has 1 aliphatic heterocycles. The SMILES string of the molecule is C=CCc1cnc(N[C@@H]2CCN(CCCC3CCCCC3)C2)cn1. The van der Waals surface area contributed by atoms with E-state index in [2.05, 4.69) is 26.8 Å². The molecule has 3 rings (SSSR count). The van der Waals surface area contributed by atoms with Crippen molar-refractivity contribution in [3.63, 3.8) is 0 Å². The van der Waals surface area contributed by atoms with Gasteiger partial charge in [-0.1, -0.05) is 38.2 Å². The van der Waals surface area contributed by atoms with E-state index in [1.807, 2.05) is 18.5 Å². The summed E-state index contributed by atoms with van der Waals surface area (Å²) in [5.41, 5.74) is 0.978. The summed E-state index contributed by atoms with van der Waals surface area (Å²) in [6, 6.07) is 0.513. The highest BCUT2D eigenvalue weighted by Crippen LogP contribution is 2.27. The number of aromatic nitrogens is 2. The van der Waals surface area contributed by atoms with Crippen LogP contribution >= 0.6 is 0 Å². The number of likely N-dealkylation sites (tertiary alicyclic amines) is 1. The van der Waals surface area contributed by atoms with Crippen molar-refractivity contribution in [2.24, 2.45) is 5.92 Å². The summed E-state index contributed by atoms with van der Waals surface area (Å²) >= 11 is 0. The highest BCUT2D eigenvalue weighted by atomic mass is 15.2. The van der Waals surface area contributed by atoms with E-state index in [0.29, 0.717) is 6.04 Å². The molecule has 0 radical (unpaired) electrons. The minimum Gasteiger partial charge on any atom is -0.365 e. The van der Waals surface area contributed by atoms with Crippen molar-refractivity contribution in [3.05, 3.63) is 30.7 Å². The lowest BCUT2D eigenvalue weighted by molar-refractivity contribution is 0.285. The third-order valence-electron chi connectivity index (χ3n) is 5.49. The Morgan fingerprint density at radius 3 is 2.79 bits per heavy atom. The van der Waals surface area contributed by atoms with Crippen LogP contribution in [0.15, 0.2) is 25.0 Å². The topological polar surface area (TPSA) is 41.1 Å². The Kier molecular flexibility index (Phi) is 6.65. The van der Waals surface area contributed by atoms with Gasteiger partial charge in [0.25, 0.3) is 0 Å². The first-order chi connectivity index (χ1) is 11.8.